The Hall–Kier alpha value is -3.26. The molecule has 0 aliphatic carbocycles. The van der Waals surface area contributed by atoms with Gasteiger partial charge in [-0.15, -0.1) is 0 Å². The van der Waals surface area contributed by atoms with Gasteiger partial charge in [0.15, 0.2) is 11.0 Å². The molecule has 1 unspecified atom stereocenters. The fraction of sp³-hybridized carbons (Fsp3) is 0.292. The molecule has 32 heavy (non-hydrogen) atoms. The summed E-state index contributed by atoms with van der Waals surface area (Å²) in [7, 11) is -1.61. The summed E-state index contributed by atoms with van der Waals surface area (Å²) >= 11 is 0. The van der Waals surface area contributed by atoms with Crippen LogP contribution < -0.4 is 0 Å². The van der Waals surface area contributed by atoms with Crippen molar-refractivity contribution in [1.82, 2.24) is 24.2 Å². The third-order valence-corrected chi connectivity index (χ3v) is 6.86. The number of imidazole rings is 1. The standard InChI is InChI=1S/C24H27N5O2S/c1-4-6-14-22-19(5-2)23(28(17(3)30)16-18-11-9-10-15-25-18)29(22)32(31)24-26-20-12-7-8-13-21(20)27-24/h5,7-13,15,22H,2,4,6,14,16H2,1,3H3,(H,26,27)/t22-,32?/m0/s1. The number of H-pyrrole nitrogens is 1. The van der Waals surface area contributed by atoms with Gasteiger partial charge >= 0.3 is 0 Å². The molecule has 2 atom stereocenters. The maximum Gasteiger partial charge on any atom is 0.225 e. The summed E-state index contributed by atoms with van der Waals surface area (Å²) in [6.07, 6.45) is 6.29. The molecule has 8 heteroatoms. The van der Waals surface area contributed by atoms with Crippen molar-refractivity contribution in [3.05, 3.63) is 78.4 Å². The minimum absolute atomic E-state index is 0.0953. The Morgan fingerprint density at radius 3 is 2.72 bits per heavy atom. The van der Waals surface area contributed by atoms with E-state index in [0.717, 1.165) is 41.6 Å². The van der Waals surface area contributed by atoms with Crippen LogP contribution in [0.4, 0.5) is 0 Å². The molecule has 7 nitrogen and oxygen atoms in total. The SMILES string of the molecule is C=CC1=C(N(Cc2ccccn2)C(C)=O)N(S(=O)c2nc3ccccc3[nH]2)[C@H]1CCCC. The molecule has 3 heterocycles. The lowest BCUT2D eigenvalue weighted by Gasteiger charge is -2.47. The number of pyridine rings is 1. The minimum Gasteiger partial charge on any atom is -0.329 e. The van der Waals surface area contributed by atoms with Crippen LogP contribution >= 0.6 is 0 Å². The third-order valence-electron chi connectivity index (χ3n) is 5.55. The first-order valence-electron chi connectivity index (χ1n) is 10.8. The van der Waals surface area contributed by atoms with Crippen molar-refractivity contribution >= 4 is 27.9 Å². The lowest BCUT2D eigenvalue weighted by molar-refractivity contribution is -0.128. The summed E-state index contributed by atoms with van der Waals surface area (Å²) in [5.74, 6) is 0.462. The molecule has 2 aromatic heterocycles. The molecular formula is C24H27N5O2S. The number of nitrogens with zero attached hydrogens (tertiary/aromatic N) is 4. The van der Waals surface area contributed by atoms with Crippen molar-refractivity contribution < 1.29 is 9.00 Å². The van der Waals surface area contributed by atoms with Crippen LogP contribution in [0.2, 0.25) is 0 Å². The first-order valence-corrected chi connectivity index (χ1v) is 11.9. The van der Waals surface area contributed by atoms with E-state index in [9.17, 15) is 9.00 Å². The number of hydrogen-bond donors (Lipinski definition) is 1. The Bertz CT molecular complexity index is 1150. The second-order valence-electron chi connectivity index (χ2n) is 7.70. The number of aromatic nitrogens is 3. The number of amides is 1. The van der Waals surface area contributed by atoms with Gasteiger partial charge in [0.25, 0.3) is 0 Å². The summed E-state index contributed by atoms with van der Waals surface area (Å²) in [6.45, 7) is 7.91. The highest BCUT2D eigenvalue weighted by atomic mass is 32.2. The average molecular weight is 450 g/mol. The van der Waals surface area contributed by atoms with E-state index in [1.807, 2.05) is 42.5 Å². The Labute approximate surface area is 190 Å². The van der Waals surface area contributed by atoms with Gasteiger partial charge in [-0.3, -0.25) is 19.0 Å². The van der Waals surface area contributed by atoms with Crippen LogP contribution in [0, 0.1) is 0 Å². The van der Waals surface area contributed by atoms with Crippen molar-refractivity contribution in [2.75, 3.05) is 0 Å². The topological polar surface area (TPSA) is 82.2 Å². The van der Waals surface area contributed by atoms with Crippen molar-refractivity contribution in [1.29, 1.82) is 0 Å². The van der Waals surface area contributed by atoms with Crippen LogP contribution in [0.15, 0.2) is 77.9 Å². The van der Waals surface area contributed by atoms with Crippen molar-refractivity contribution in [3.8, 4) is 0 Å². The maximum atomic E-state index is 13.7. The van der Waals surface area contributed by atoms with E-state index >= 15 is 0 Å². The predicted molar refractivity (Wildman–Crippen MR) is 125 cm³/mol. The van der Waals surface area contributed by atoms with Crippen LogP contribution in [0.1, 0.15) is 38.8 Å². The summed E-state index contributed by atoms with van der Waals surface area (Å²) in [5, 5.41) is 0.370. The molecule has 0 bridgehead atoms. The number of rotatable bonds is 9. The normalized spacial score (nSPS) is 16.7. The molecule has 1 aliphatic heterocycles. The van der Waals surface area contributed by atoms with E-state index in [-0.39, 0.29) is 18.5 Å². The monoisotopic (exact) mass is 449 g/mol. The summed E-state index contributed by atoms with van der Waals surface area (Å²) in [5.41, 5.74) is 3.26. The number of aromatic amines is 1. The Morgan fingerprint density at radius 1 is 1.28 bits per heavy atom. The molecule has 0 saturated carbocycles. The van der Waals surface area contributed by atoms with Gasteiger partial charge in [0.1, 0.15) is 5.82 Å². The van der Waals surface area contributed by atoms with E-state index in [2.05, 4.69) is 28.5 Å². The van der Waals surface area contributed by atoms with Gasteiger partial charge in [-0.1, -0.05) is 50.6 Å². The largest absolute Gasteiger partial charge is 0.329 e. The molecule has 1 aromatic carbocycles. The second-order valence-corrected chi connectivity index (χ2v) is 8.98. The lowest BCUT2D eigenvalue weighted by atomic mass is 9.94. The van der Waals surface area contributed by atoms with Crippen LogP contribution in [0.5, 0.6) is 0 Å². The van der Waals surface area contributed by atoms with Gasteiger partial charge in [0.05, 0.1) is 29.3 Å². The number of carbonyl (C=O) groups excluding carboxylic acids is 1. The molecule has 3 aromatic rings. The number of nitrogens with one attached hydrogen (secondary N) is 1. The first kappa shape index (κ1) is 22.0. The zero-order valence-corrected chi connectivity index (χ0v) is 19.1. The number of fused-ring (bicyclic) bond motifs is 1. The highest BCUT2D eigenvalue weighted by Gasteiger charge is 2.44. The number of hydrogen-bond acceptors (Lipinski definition) is 4. The maximum absolute atomic E-state index is 13.7. The number of carbonyl (C=O) groups is 1. The van der Waals surface area contributed by atoms with E-state index in [4.69, 9.17) is 0 Å². The summed E-state index contributed by atoms with van der Waals surface area (Å²) < 4.78 is 15.5. The van der Waals surface area contributed by atoms with Gasteiger partial charge in [-0.05, 0) is 30.7 Å². The van der Waals surface area contributed by atoms with Gasteiger partial charge < -0.3 is 4.98 Å². The fourth-order valence-electron chi connectivity index (χ4n) is 3.94. The van der Waals surface area contributed by atoms with E-state index in [0.29, 0.717) is 11.0 Å². The molecule has 0 saturated heterocycles. The molecule has 166 valence electrons. The van der Waals surface area contributed by atoms with Gasteiger partial charge in [-0.25, -0.2) is 9.19 Å². The van der Waals surface area contributed by atoms with Crippen LogP contribution in [-0.2, 0) is 22.3 Å². The van der Waals surface area contributed by atoms with Crippen LogP contribution in [0.25, 0.3) is 11.0 Å². The summed E-state index contributed by atoms with van der Waals surface area (Å²) in [4.78, 5) is 26.4. The number of unbranched alkanes of at least 4 members (excludes halogenated alkanes) is 1. The number of benzene rings is 1. The fourth-order valence-corrected chi connectivity index (χ4v) is 5.32. The zero-order valence-electron chi connectivity index (χ0n) is 18.3. The third kappa shape index (κ3) is 4.10. The van der Waals surface area contributed by atoms with E-state index in [1.54, 1.807) is 21.5 Å². The molecule has 1 N–H and O–H groups in total. The van der Waals surface area contributed by atoms with Crippen molar-refractivity contribution in [2.45, 2.75) is 50.9 Å². The van der Waals surface area contributed by atoms with E-state index < -0.39 is 11.0 Å². The first-order chi connectivity index (χ1) is 15.5. The summed E-state index contributed by atoms with van der Waals surface area (Å²) in [6, 6.07) is 13.1. The quantitative estimate of drug-likeness (QED) is 0.528. The highest BCUT2D eigenvalue weighted by molar-refractivity contribution is 7.82. The van der Waals surface area contributed by atoms with Gasteiger partial charge in [0.2, 0.25) is 11.1 Å². The van der Waals surface area contributed by atoms with Crippen molar-refractivity contribution in [3.63, 3.8) is 0 Å². The Morgan fingerprint density at radius 2 is 2.06 bits per heavy atom. The zero-order chi connectivity index (χ0) is 22.7. The molecule has 0 radical (unpaired) electrons. The average Bonchev–Trinajstić information content (AvgIpc) is 3.23. The van der Waals surface area contributed by atoms with Crippen molar-refractivity contribution in [2.24, 2.45) is 0 Å². The van der Waals surface area contributed by atoms with E-state index in [1.165, 1.54) is 6.92 Å². The van der Waals surface area contributed by atoms with Crippen LogP contribution in [0.3, 0.4) is 0 Å². The van der Waals surface area contributed by atoms with Gasteiger partial charge in [-0.2, -0.15) is 0 Å². The highest BCUT2D eigenvalue weighted by Crippen LogP contribution is 2.40. The smallest absolute Gasteiger partial charge is 0.225 e. The molecular weight excluding hydrogens is 422 g/mol. The number of para-hydroxylation sites is 2. The molecule has 1 amide bonds. The molecule has 4 rings (SSSR count). The Kier molecular flexibility index (Phi) is 6.50. The van der Waals surface area contributed by atoms with Crippen LogP contribution in [-0.4, -0.2) is 40.3 Å². The Balaban J connectivity index is 1.74. The minimum atomic E-state index is -1.61. The lowest BCUT2D eigenvalue weighted by Crippen LogP contribution is -2.53. The molecule has 0 spiro atoms. The second kappa shape index (κ2) is 9.48. The molecule has 1 aliphatic rings. The predicted octanol–water partition coefficient (Wildman–Crippen LogP) is 4.30. The van der Waals surface area contributed by atoms with Gasteiger partial charge in [0, 0.05) is 18.7 Å². The molecule has 0 fully saturated rings.